The average Bonchev–Trinajstić information content (AvgIpc) is 2.88. The maximum absolute atomic E-state index is 10.4. The van der Waals surface area contributed by atoms with Gasteiger partial charge in [0.25, 0.3) is 0 Å². The van der Waals surface area contributed by atoms with Crippen molar-refractivity contribution in [2.24, 2.45) is 5.41 Å². The number of aliphatic hydroxyl groups excluding tert-OH is 1. The van der Waals surface area contributed by atoms with Crippen LogP contribution < -0.4 is 4.74 Å². The minimum atomic E-state index is -0.826. The van der Waals surface area contributed by atoms with Crippen LogP contribution in [0.3, 0.4) is 0 Å². The first-order valence-corrected chi connectivity index (χ1v) is 6.51. The molecular formula is C15H19NO3. The average molecular weight is 261 g/mol. The molecule has 1 N–H and O–H groups in total. The van der Waals surface area contributed by atoms with Gasteiger partial charge in [-0.15, -0.1) is 0 Å². The fraction of sp³-hybridized carbons (Fsp3) is 0.533. The quantitative estimate of drug-likeness (QED) is 0.904. The Bertz CT molecular complexity index is 455. The van der Waals surface area contributed by atoms with Crippen LogP contribution in [0.2, 0.25) is 0 Å². The molecule has 2 rings (SSSR count). The van der Waals surface area contributed by atoms with Gasteiger partial charge in [0.15, 0.2) is 0 Å². The van der Waals surface area contributed by atoms with Crippen LogP contribution in [0.5, 0.6) is 5.75 Å². The Balaban J connectivity index is 2.15. The summed E-state index contributed by atoms with van der Waals surface area (Å²) in [6.45, 7) is 4.74. The number of nitrogens with zero attached hydrogens (tertiary/aromatic N) is 1. The highest BCUT2D eigenvalue weighted by molar-refractivity contribution is 5.31. The Morgan fingerprint density at radius 1 is 1.37 bits per heavy atom. The number of hydrogen-bond acceptors (Lipinski definition) is 4. The number of rotatable bonds is 4. The van der Waals surface area contributed by atoms with Crippen LogP contribution in [-0.4, -0.2) is 24.4 Å². The molecule has 1 heterocycles. The van der Waals surface area contributed by atoms with E-state index in [-0.39, 0.29) is 12.7 Å². The number of hydrogen-bond donors (Lipinski definition) is 1. The van der Waals surface area contributed by atoms with E-state index < -0.39 is 11.5 Å². The van der Waals surface area contributed by atoms with Crippen LogP contribution in [0.1, 0.15) is 31.9 Å². The third-order valence-corrected chi connectivity index (χ3v) is 3.37. The fourth-order valence-corrected chi connectivity index (χ4v) is 2.27. The van der Waals surface area contributed by atoms with Crippen molar-refractivity contribution < 1.29 is 14.6 Å². The molecule has 0 bridgehead atoms. The SMILES string of the molecule is CC(C)Oc1ccc(C(O)C2(C#N)CCOC2)cc1. The second-order valence-electron chi connectivity index (χ2n) is 5.21. The van der Waals surface area contributed by atoms with Crippen LogP contribution in [0, 0.1) is 16.7 Å². The van der Waals surface area contributed by atoms with Crippen molar-refractivity contribution in [1.29, 1.82) is 5.26 Å². The van der Waals surface area contributed by atoms with Crippen molar-refractivity contribution in [2.45, 2.75) is 32.5 Å². The molecule has 0 amide bonds. The minimum absolute atomic E-state index is 0.115. The molecule has 1 fully saturated rings. The molecule has 0 aliphatic carbocycles. The highest BCUT2D eigenvalue weighted by Gasteiger charge is 2.42. The maximum Gasteiger partial charge on any atom is 0.119 e. The molecule has 1 aromatic rings. The Morgan fingerprint density at radius 2 is 2.05 bits per heavy atom. The number of aliphatic hydroxyl groups is 1. The van der Waals surface area contributed by atoms with Gasteiger partial charge in [0.05, 0.1) is 24.9 Å². The van der Waals surface area contributed by atoms with E-state index in [1.165, 1.54) is 0 Å². The lowest BCUT2D eigenvalue weighted by Gasteiger charge is -2.25. The van der Waals surface area contributed by atoms with Crippen molar-refractivity contribution in [3.05, 3.63) is 29.8 Å². The van der Waals surface area contributed by atoms with Crippen LogP contribution in [0.25, 0.3) is 0 Å². The lowest BCUT2D eigenvalue weighted by molar-refractivity contribution is 0.0503. The molecule has 0 spiro atoms. The summed E-state index contributed by atoms with van der Waals surface area (Å²) in [6.07, 6.45) is -0.146. The van der Waals surface area contributed by atoms with Gasteiger partial charge in [-0.1, -0.05) is 12.1 Å². The molecular weight excluding hydrogens is 242 g/mol. The van der Waals surface area contributed by atoms with Gasteiger partial charge >= 0.3 is 0 Å². The van der Waals surface area contributed by atoms with Crippen molar-refractivity contribution >= 4 is 0 Å². The summed E-state index contributed by atoms with van der Waals surface area (Å²) < 4.78 is 10.8. The molecule has 0 radical (unpaired) electrons. The molecule has 1 saturated heterocycles. The molecule has 1 aromatic carbocycles. The van der Waals surface area contributed by atoms with Crippen molar-refractivity contribution in [1.82, 2.24) is 0 Å². The van der Waals surface area contributed by atoms with E-state index in [0.717, 1.165) is 11.3 Å². The monoisotopic (exact) mass is 261 g/mol. The van der Waals surface area contributed by atoms with Gasteiger partial charge in [0.2, 0.25) is 0 Å². The van der Waals surface area contributed by atoms with Crippen molar-refractivity contribution in [3.8, 4) is 11.8 Å². The minimum Gasteiger partial charge on any atom is -0.491 e. The van der Waals surface area contributed by atoms with E-state index in [9.17, 15) is 10.4 Å². The molecule has 0 aromatic heterocycles. The van der Waals surface area contributed by atoms with Gasteiger partial charge in [-0.3, -0.25) is 0 Å². The molecule has 2 unspecified atom stereocenters. The first-order valence-electron chi connectivity index (χ1n) is 6.51. The van der Waals surface area contributed by atoms with E-state index in [2.05, 4.69) is 6.07 Å². The van der Waals surface area contributed by atoms with E-state index in [4.69, 9.17) is 9.47 Å². The first-order chi connectivity index (χ1) is 9.07. The number of benzene rings is 1. The standard InChI is InChI=1S/C15H19NO3/c1-11(2)19-13-5-3-12(4-6-13)14(17)15(9-16)7-8-18-10-15/h3-6,11,14,17H,7-8,10H2,1-2H3. The molecule has 19 heavy (non-hydrogen) atoms. The number of ether oxygens (including phenoxy) is 2. The van der Waals surface area contributed by atoms with Crippen LogP contribution in [-0.2, 0) is 4.74 Å². The lowest BCUT2D eigenvalue weighted by atomic mass is 9.79. The highest BCUT2D eigenvalue weighted by Crippen LogP contribution is 2.40. The molecule has 102 valence electrons. The maximum atomic E-state index is 10.4. The predicted molar refractivity (Wildman–Crippen MR) is 70.6 cm³/mol. The van der Waals surface area contributed by atoms with E-state index in [0.29, 0.717) is 13.0 Å². The second-order valence-corrected chi connectivity index (χ2v) is 5.21. The third-order valence-electron chi connectivity index (χ3n) is 3.37. The second kappa shape index (κ2) is 5.60. The van der Waals surface area contributed by atoms with Gasteiger partial charge in [-0.2, -0.15) is 5.26 Å². The Labute approximate surface area is 113 Å². The zero-order valence-electron chi connectivity index (χ0n) is 11.3. The predicted octanol–water partition coefficient (Wildman–Crippen LogP) is 2.44. The Hall–Kier alpha value is -1.57. The molecule has 4 heteroatoms. The summed E-state index contributed by atoms with van der Waals surface area (Å²) in [4.78, 5) is 0. The summed E-state index contributed by atoms with van der Waals surface area (Å²) in [5.74, 6) is 0.764. The van der Waals surface area contributed by atoms with Crippen LogP contribution in [0.4, 0.5) is 0 Å². The van der Waals surface area contributed by atoms with Gasteiger partial charge in [-0.05, 0) is 38.0 Å². The van der Waals surface area contributed by atoms with Crippen LogP contribution >= 0.6 is 0 Å². The Kier molecular flexibility index (Phi) is 4.08. The smallest absolute Gasteiger partial charge is 0.119 e. The molecule has 1 aliphatic rings. The fourth-order valence-electron chi connectivity index (χ4n) is 2.27. The molecule has 0 saturated carbocycles. The van der Waals surface area contributed by atoms with Crippen molar-refractivity contribution in [3.63, 3.8) is 0 Å². The summed E-state index contributed by atoms with van der Waals surface area (Å²) in [6, 6.07) is 9.46. The summed E-state index contributed by atoms with van der Waals surface area (Å²) in [5, 5.41) is 19.7. The van der Waals surface area contributed by atoms with E-state index in [1.807, 2.05) is 26.0 Å². The zero-order chi connectivity index (χ0) is 13.9. The van der Waals surface area contributed by atoms with Gasteiger partial charge in [0, 0.05) is 6.61 Å². The van der Waals surface area contributed by atoms with E-state index >= 15 is 0 Å². The van der Waals surface area contributed by atoms with E-state index in [1.54, 1.807) is 12.1 Å². The largest absolute Gasteiger partial charge is 0.491 e. The third kappa shape index (κ3) is 2.89. The molecule has 2 atom stereocenters. The normalized spacial score (nSPS) is 24.2. The number of nitriles is 1. The first kappa shape index (κ1) is 13.9. The summed E-state index contributed by atoms with van der Waals surface area (Å²) >= 11 is 0. The summed E-state index contributed by atoms with van der Waals surface area (Å²) in [7, 11) is 0. The molecule has 4 nitrogen and oxygen atoms in total. The zero-order valence-corrected chi connectivity index (χ0v) is 11.3. The summed E-state index contributed by atoms with van der Waals surface area (Å²) in [5.41, 5.74) is -0.0939. The van der Waals surface area contributed by atoms with Gasteiger partial charge < -0.3 is 14.6 Å². The highest BCUT2D eigenvalue weighted by atomic mass is 16.5. The molecule has 1 aliphatic heterocycles. The Morgan fingerprint density at radius 3 is 2.53 bits per heavy atom. The van der Waals surface area contributed by atoms with Crippen molar-refractivity contribution in [2.75, 3.05) is 13.2 Å². The lowest BCUT2D eigenvalue weighted by Crippen LogP contribution is -2.27. The van der Waals surface area contributed by atoms with Gasteiger partial charge in [0.1, 0.15) is 11.2 Å². The van der Waals surface area contributed by atoms with Gasteiger partial charge in [-0.25, -0.2) is 0 Å². The van der Waals surface area contributed by atoms with Crippen LogP contribution in [0.15, 0.2) is 24.3 Å². The topological polar surface area (TPSA) is 62.5 Å².